The maximum atomic E-state index is 5.99. The summed E-state index contributed by atoms with van der Waals surface area (Å²) >= 11 is 3.47. The standard InChI is InChI=1S/C10H15BrN4/c1-7-5-15(3-2-9(7)12)10-8(11)4-13-6-14-10/h4,6-7,9H,2-3,5,12H2,1H3. The minimum Gasteiger partial charge on any atom is -0.355 e. The summed E-state index contributed by atoms with van der Waals surface area (Å²) < 4.78 is 0.952. The zero-order chi connectivity index (χ0) is 10.8. The first-order valence-electron chi connectivity index (χ1n) is 5.14. The van der Waals surface area contributed by atoms with E-state index in [0.29, 0.717) is 12.0 Å². The lowest BCUT2D eigenvalue weighted by atomic mass is 9.95. The summed E-state index contributed by atoms with van der Waals surface area (Å²) in [5, 5.41) is 0. The van der Waals surface area contributed by atoms with Crippen molar-refractivity contribution in [2.45, 2.75) is 19.4 Å². The van der Waals surface area contributed by atoms with E-state index in [4.69, 9.17) is 5.73 Å². The van der Waals surface area contributed by atoms with Crippen LogP contribution >= 0.6 is 15.9 Å². The molecule has 2 atom stereocenters. The molecule has 1 saturated heterocycles. The van der Waals surface area contributed by atoms with E-state index >= 15 is 0 Å². The van der Waals surface area contributed by atoms with E-state index < -0.39 is 0 Å². The van der Waals surface area contributed by atoms with Gasteiger partial charge in [-0.15, -0.1) is 0 Å². The molecule has 0 aliphatic carbocycles. The number of nitrogens with zero attached hydrogens (tertiary/aromatic N) is 3. The van der Waals surface area contributed by atoms with Gasteiger partial charge in [0.1, 0.15) is 12.1 Å². The summed E-state index contributed by atoms with van der Waals surface area (Å²) in [4.78, 5) is 10.5. The Hall–Kier alpha value is -0.680. The van der Waals surface area contributed by atoms with Gasteiger partial charge in [0.25, 0.3) is 0 Å². The van der Waals surface area contributed by atoms with Crippen molar-refractivity contribution in [1.29, 1.82) is 0 Å². The molecule has 15 heavy (non-hydrogen) atoms. The fourth-order valence-electron chi connectivity index (χ4n) is 1.89. The van der Waals surface area contributed by atoms with Crippen molar-refractivity contribution in [1.82, 2.24) is 9.97 Å². The first-order valence-corrected chi connectivity index (χ1v) is 5.94. The number of piperidine rings is 1. The van der Waals surface area contributed by atoms with Gasteiger partial charge < -0.3 is 10.6 Å². The number of nitrogens with two attached hydrogens (primary N) is 1. The number of hydrogen-bond donors (Lipinski definition) is 1. The maximum Gasteiger partial charge on any atom is 0.146 e. The molecule has 82 valence electrons. The second kappa shape index (κ2) is 4.45. The fraction of sp³-hybridized carbons (Fsp3) is 0.600. The van der Waals surface area contributed by atoms with Crippen LogP contribution in [0.3, 0.4) is 0 Å². The minimum absolute atomic E-state index is 0.321. The van der Waals surface area contributed by atoms with Crippen LogP contribution < -0.4 is 10.6 Å². The van der Waals surface area contributed by atoms with Crippen molar-refractivity contribution in [3.8, 4) is 0 Å². The average Bonchev–Trinajstić information content (AvgIpc) is 2.23. The number of aromatic nitrogens is 2. The van der Waals surface area contributed by atoms with Gasteiger partial charge in [0.15, 0.2) is 0 Å². The monoisotopic (exact) mass is 270 g/mol. The lowest BCUT2D eigenvalue weighted by Crippen LogP contribution is -2.46. The highest BCUT2D eigenvalue weighted by molar-refractivity contribution is 9.10. The molecule has 5 heteroatoms. The molecule has 0 spiro atoms. The van der Waals surface area contributed by atoms with Crippen LogP contribution in [0.2, 0.25) is 0 Å². The maximum absolute atomic E-state index is 5.99. The molecule has 0 bridgehead atoms. The van der Waals surface area contributed by atoms with E-state index in [1.54, 1.807) is 12.5 Å². The first kappa shape index (κ1) is 10.8. The highest BCUT2D eigenvalue weighted by atomic mass is 79.9. The van der Waals surface area contributed by atoms with E-state index in [9.17, 15) is 0 Å². The lowest BCUT2D eigenvalue weighted by molar-refractivity contribution is 0.381. The molecule has 2 unspecified atom stereocenters. The van der Waals surface area contributed by atoms with Crippen LogP contribution in [-0.4, -0.2) is 29.1 Å². The van der Waals surface area contributed by atoms with Gasteiger partial charge in [0, 0.05) is 25.3 Å². The minimum atomic E-state index is 0.321. The lowest BCUT2D eigenvalue weighted by Gasteiger charge is -2.36. The predicted octanol–water partition coefficient (Wildman–Crippen LogP) is 1.41. The first-order chi connectivity index (χ1) is 7.18. The Kier molecular flexibility index (Phi) is 3.21. The summed E-state index contributed by atoms with van der Waals surface area (Å²) in [5.41, 5.74) is 5.99. The average molecular weight is 271 g/mol. The highest BCUT2D eigenvalue weighted by Gasteiger charge is 2.24. The van der Waals surface area contributed by atoms with E-state index in [0.717, 1.165) is 29.8 Å². The van der Waals surface area contributed by atoms with Crippen molar-refractivity contribution >= 4 is 21.7 Å². The van der Waals surface area contributed by atoms with Crippen LogP contribution in [0.4, 0.5) is 5.82 Å². The van der Waals surface area contributed by atoms with Crippen LogP contribution in [0.1, 0.15) is 13.3 Å². The predicted molar refractivity (Wildman–Crippen MR) is 63.7 cm³/mol. The van der Waals surface area contributed by atoms with Crippen LogP contribution in [0.15, 0.2) is 17.0 Å². The summed E-state index contributed by atoms with van der Waals surface area (Å²) in [6.07, 6.45) is 4.39. The Balaban J connectivity index is 2.15. The summed E-state index contributed by atoms with van der Waals surface area (Å²) in [7, 11) is 0. The molecule has 0 amide bonds. The molecular weight excluding hydrogens is 256 g/mol. The van der Waals surface area contributed by atoms with Gasteiger partial charge in [0.2, 0.25) is 0 Å². The molecule has 2 rings (SSSR count). The fourth-order valence-corrected chi connectivity index (χ4v) is 2.37. The Morgan fingerprint density at radius 3 is 3.07 bits per heavy atom. The van der Waals surface area contributed by atoms with Gasteiger partial charge in [-0.2, -0.15) is 0 Å². The molecule has 2 N–H and O–H groups in total. The molecule has 4 nitrogen and oxygen atoms in total. The molecule has 1 aromatic heterocycles. The van der Waals surface area contributed by atoms with Crippen molar-refractivity contribution in [3.63, 3.8) is 0 Å². The van der Waals surface area contributed by atoms with E-state index in [2.05, 4.69) is 37.7 Å². The van der Waals surface area contributed by atoms with Crippen LogP contribution in [0, 0.1) is 5.92 Å². The third-order valence-electron chi connectivity index (χ3n) is 2.92. The topological polar surface area (TPSA) is 55.0 Å². The Morgan fingerprint density at radius 1 is 1.60 bits per heavy atom. The van der Waals surface area contributed by atoms with Gasteiger partial charge >= 0.3 is 0 Å². The quantitative estimate of drug-likeness (QED) is 0.839. The molecular formula is C10H15BrN4. The number of halogens is 1. The number of rotatable bonds is 1. The molecule has 1 fully saturated rings. The SMILES string of the molecule is CC1CN(c2ncncc2Br)CCC1N. The molecule has 0 saturated carbocycles. The van der Waals surface area contributed by atoms with Crippen LogP contribution in [0.25, 0.3) is 0 Å². The number of anilines is 1. The zero-order valence-electron chi connectivity index (χ0n) is 8.73. The van der Waals surface area contributed by atoms with Crippen molar-refractivity contribution in [2.75, 3.05) is 18.0 Å². The van der Waals surface area contributed by atoms with E-state index in [1.807, 2.05) is 0 Å². The van der Waals surface area contributed by atoms with Gasteiger partial charge in [0.05, 0.1) is 4.47 Å². The second-order valence-electron chi connectivity index (χ2n) is 4.07. The molecule has 1 aromatic rings. The van der Waals surface area contributed by atoms with Crippen LogP contribution in [-0.2, 0) is 0 Å². The zero-order valence-corrected chi connectivity index (χ0v) is 10.3. The molecule has 2 heterocycles. The number of hydrogen-bond acceptors (Lipinski definition) is 4. The Bertz CT molecular complexity index is 344. The molecule has 1 aliphatic rings. The Labute approximate surface area is 98.0 Å². The van der Waals surface area contributed by atoms with Crippen LogP contribution in [0.5, 0.6) is 0 Å². The summed E-state index contributed by atoms with van der Waals surface area (Å²) in [6.45, 7) is 4.13. The largest absolute Gasteiger partial charge is 0.355 e. The smallest absolute Gasteiger partial charge is 0.146 e. The highest BCUT2D eigenvalue weighted by Crippen LogP contribution is 2.26. The van der Waals surface area contributed by atoms with Gasteiger partial charge in [-0.3, -0.25) is 0 Å². The molecule has 0 aromatic carbocycles. The van der Waals surface area contributed by atoms with Gasteiger partial charge in [-0.1, -0.05) is 6.92 Å². The molecule has 0 radical (unpaired) electrons. The second-order valence-corrected chi connectivity index (χ2v) is 4.92. The van der Waals surface area contributed by atoms with E-state index in [-0.39, 0.29) is 0 Å². The summed E-state index contributed by atoms with van der Waals surface area (Å²) in [6, 6.07) is 0.321. The third-order valence-corrected chi connectivity index (χ3v) is 3.48. The Morgan fingerprint density at radius 2 is 2.40 bits per heavy atom. The van der Waals surface area contributed by atoms with Gasteiger partial charge in [-0.05, 0) is 28.3 Å². The van der Waals surface area contributed by atoms with Crippen molar-refractivity contribution in [3.05, 3.63) is 17.0 Å². The van der Waals surface area contributed by atoms with E-state index in [1.165, 1.54) is 0 Å². The third kappa shape index (κ3) is 2.29. The summed E-state index contributed by atoms with van der Waals surface area (Å²) in [5.74, 6) is 1.49. The van der Waals surface area contributed by atoms with Crippen molar-refractivity contribution < 1.29 is 0 Å². The van der Waals surface area contributed by atoms with Gasteiger partial charge in [-0.25, -0.2) is 9.97 Å². The normalized spacial score (nSPS) is 26.7. The van der Waals surface area contributed by atoms with Crippen molar-refractivity contribution in [2.24, 2.45) is 11.7 Å². The molecule has 1 aliphatic heterocycles.